The number of nitrogen functional groups attached to an aromatic ring is 1. The molecule has 0 radical (unpaired) electrons. The molecule has 0 atom stereocenters. The smallest absolute Gasteiger partial charge is 0.255 e. The van der Waals surface area contributed by atoms with Crippen molar-refractivity contribution in [2.75, 3.05) is 25.9 Å². The van der Waals surface area contributed by atoms with Crippen LogP contribution in [-0.4, -0.2) is 37.1 Å². The van der Waals surface area contributed by atoms with Crippen LogP contribution in [-0.2, 0) is 4.74 Å². The number of carbonyl (C=O) groups is 1. The molecule has 1 aliphatic rings. The van der Waals surface area contributed by atoms with Gasteiger partial charge in [-0.15, -0.1) is 0 Å². The van der Waals surface area contributed by atoms with Crippen molar-refractivity contribution >= 4 is 23.2 Å². The summed E-state index contributed by atoms with van der Waals surface area (Å²) in [7, 11) is 1.71. The molecule has 0 aromatic heterocycles. The average molecular weight is 269 g/mol. The molecular weight excluding hydrogens is 252 g/mol. The van der Waals surface area contributed by atoms with Crippen molar-refractivity contribution in [3.05, 3.63) is 28.8 Å². The van der Waals surface area contributed by atoms with E-state index in [4.69, 9.17) is 22.1 Å². The van der Waals surface area contributed by atoms with Crippen LogP contribution in [0.4, 0.5) is 5.69 Å². The monoisotopic (exact) mass is 268 g/mol. The molecule has 4 nitrogen and oxygen atoms in total. The van der Waals surface area contributed by atoms with E-state index in [0.29, 0.717) is 29.4 Å². The van der Waals surface area contributed by atoms with E-state index < -0.39 is 0 Å². The number of likely N-dealkylation sites (tertiary alicyclic amines) is 1. The Morgan fingerprint density at radius 3 is 2.67 bits per heavy atom. The Kier molecular flexibility index (Phi) is 4.09. The van der Waals surface area contributed by atoms with Crippen molar-refractivity contribution in [2.24, 2.45) is 0 Å². The lowest BCUT2D eigenvalue weighted by Gasteiger charge is -2.31. The Morgan fingerprint density at radius 2 is 2.11 bits per heavy atom. The van der Waals surface area contributed by atoms with Gasteiger partial charge in [0.2, 0.25) is 0 Å². The van der Waals surface area contributed by atoms with Gasteiger partial charge in [0.1, 0.15) is 0 Å². The summed E-state index contributed by atoms with van der Waals surface area (Å²) in [5.41, 5.74) is 6.70. The van der Waals surface area contributed by atoms with Gasteiger partial charge in [0.15, 0.2) is 0 Å². The van der Waals surface area contributed by atoms with Gasteiger partial charge >= 0.3 is 0 Å². The number of hydrogen-bond acceptors (Lipinski definition) is 3. The molecule has 1 amide bonds. The third kappa shape index (κ3) is 2.76. The van der Waals surface area contributed by atoms with Gasteiger partial charge in [0, 0.05) is 25.9 Å². The SMILES string of the molecule is COC1CCN(C(=O)c2ccc(N)cc2Cl)CC1. The number of benzene rings is 1. The number of methoxy groups -OCH3 is 1. The maximum atomic E-state index is 12.3. The van der Waals surface area contributed by atoms with Gasteiger partial charge in [-0.3, -0.25) is 4.79 Å². The Bertz CT molecular complexity index is 443. The second kappa shape index (κ2) is 5.59. The van der Waals surface area contributed by atoms with Crippen LogP contribution in [0, 0.1) is 0 Å². The van der Waals surface area contributed by atoms with Gasteiger partial charge < -0.3 is 15.4 Å². The van der Waals surface area contributed by atoms with Crippen molar-refractivity contribution in [2.45, 2.75) is 18.9 Å². The summed E-state index contributed by atoms with van der Waals surface area (Å²) in [6.45, 7) is 1.41. The van der Waals surface area contributed by atoms with Gasteiger partial charge in [0.25, 0.3) is 5.91 Å². The van der Waals surface area contributed by atoms with Crippen LogP contribution in [0.3, 0.4) is 0 Å². The maximum Gasteiger partial charge on any atom is 0.255 e. The van der Waals surface area contributed by atoms with Gasteiger partial charge in [-0.1, -0.05) is 11.6 Å². The second-order valence-electron chi connectivity index (χ2n) is 4.47. The lowest BCUT2D eigenvalue weighted by Crippen LogP contribution is -2.40. The highest BCUT2D eigenvalue weighted by Crippen LogP contribution is 2.22. The minimum absolute atomic E-state index is 0.0328. The molecule has 2 N–H and O–H groups in total. The second-order valence-corrected chi connectivity index (χ2v) is 4.87. The molecule has 0 unspecified atom stereocenters. The number of rotatable bonds is 2. The normalized spacial score (nSPS) is 16.9. The molecule has 1 saturated heterocycles. The first-order valence-corrected chi connectivity index (χ1v) is 6.36. The van der Waals surface area contributed by atoms with Gasteiger partial charge in [-0.25, -0.2) is 0 Å². The quantitative estimate of drug-likeness (QED) is 0.837. The van der Waals surface area contributed by atoms with Crippen LogP contribution >= 0.6 is 11.6 Å². The minimum Gasteiger partial charge on any atom is -0.399 e. The molecule has 0 spiro atoms. The van der Waals surface area contributed by atoms with E-state index >= 15 is 0 Å². The number of halogens is 1. The summed E-state index contributed by atoms with van der Waals surface area (Å²) in [4.78, 5) is 14.1. The molecule has 1 fully saturated rings. The van der Waals surface area contributed by atoms with E-state index in [1.807, 2.05) is 4.90 Å². The number of nitrogens with zero attached hydrogens (tertiary/aromatic N) is 1. The molecule has 18 heavy (non-hydrogen) atoms. The Hall–Kier alpha value is -1.26. The number of hydrogen-bond donors (Lipinski definition) is 1. The zero-order chi connectivity index (χ0) is 13.1. The summed E-state index contributed by atoms with van der Waals surface area (Å²) in [6.07, 6.45) is 2.00. The first-order chi connectivity index (χ1) is 8.61. The third-order valence-corrected chi connectivity index (χ3v) is 3.60. The van der Waals surface area contributed by atoms with Crippen LogP contribution in [0.25, 0.3) is 0 Å². The topological polar surface area (TPSA) is 55.6 Å². The Balaban J connectivity index is 2.08. The highest BCUT2D eigenvalue weighted by Gasteiger charge is 2.24. The highest BCUT2D eigenvalue weighted by molar-refractivity contribution is 6.34. The Labute approximate surface area is 112 Å². The van der Waals surface area contributed by atoms with Crippen LogP contribution < -0.4 is 5.73 Å². The molecule has 1 heterocycles. The van der Waals surface area contributed by atoms with Gasteiger partial charge in [0.05, 0.1) is 16.7 Å². The molecule has 1 aromatic carbocycles. The summed E-state index contributed by atoms with van der Waals surface area (Å²) < 4.78 is 5.28. The zero-order valence-electron chi connectivity index (χ0n) is 10.4. The summed E-state index contributed by atoms with van der Waals surface area (Å²) in [6, 6.07) is 4.99. The van der Waals surface area contributed by atoms with Crippen LogP contribution in [0.5, 0.6) is 0 Å². The predicted molar refractivity (Wildman–Crippen MR) is 71.8 cm³/mol. The van der Waals surface area contributed by atoms with E-state index in [1.165, 1.54) is 0 Å². The first kappa shape index (κ1) is 13.2. The fourth-order valence-electron chi connectivity index (χ4n) is 2.17. The number of amides is 1. The van der Waals surface area contributed by atoms with Gasteiger partial charge in [-0.05, 0) is 31.0 Å². The minimum atomic E-state index is -0.0328. The molecule has 98 valence electrons. The molecule has 1 aromatic rings. The fourth-order valence-corrected chi connectivity index (χ4v) is 2.44. The van der Waals surface area contributed by atoms with Crippen molar-refractivity contribution in [1.82, 2.24) is 4.90 Å². The maximum absolute atomic E-state index is 12.3. The number of carbonyl (C=O) groups excluding carboxylic acids is 1. The van der Waals surface area contributed by atoms with E-state index in [0.717, 1.165) is 12.8 Å². The summed E-state index contributed by atoms with van der Waals surface area (Å²) in [5.74, 6) is -0.0328. The average Bonchev–Trinajstić information content (AvgIpc) is 2.38. The standard InChI is InChI=1S/C13H17ClN2O2/c1-18-10-4-6-16(7-5-10)13(17)11-3-2-9(15)8-12(11)14/h2-3,8,10H,4-7,15H2,1H3. The summed E-state index contributed by atoms with van der Waals surface area (Å²) >= 11 is 6.05. The van der Waals surface area contributed by atoms with E-state index in [9.17, 15) is 4.79 Å². The fraction of sp³-hybridized carbons (Fsp3) is 0.462. The van der Waals surface area contributed by atoms with E-state index in [-0.39, 0.29) is 12.0 Å². The molecule has 0 bridgehead atoms. The van der Waals surface area contributed by atoms with Crippen molar-refractivity contribution < 1.29 is 9.53 Å². The van der Waals surface area contributed by atoms with Crippen LogP contribution in [0.15, 0.2) is 18.2 Å². The third-order valence-electron chi connectivity index (χ3n) is 3.29. The van der Waals surface area contributed by atoms with Crippen molar-refractivity contribution in [3.63, 3.8) is 0 Å². The number of piperidine rings is 1. The zero-order valence-corrected chi connectivity index (χ0v) is 11.1. The lowest BCUT2D eigenvalue weighted by atomic mass is 10.1. The largest absolute Gasteiger partial charge is 0.399 e. The van der Waals surface area contributed by atoms with Crippen molar-refractivity contribution in [1.29, 1.82) is 0 Å². The molecule has 5 heteroatoms. The number of ether oxygens (including phenoxy) is 1. The van der Waals surface area contributed by atoms with Crippen LogP contribution in [0.2, 0.25) is 5.02 Å². The number of anilines is 1. The van der Waals surface area contributed by atoms with Crippen molar-refractivity contribution in [3.8, 4) is 0 Å². The molecule has 1 aliphatic heterocycles. The first-order valence-electron chi connectivity index (χ1n) is 5.99. The summed E-state index contributed by atoms with van der Waals surface area (Å²) in [5, 5.41) is 0.411. The molecular formula is C13H17ClN2O2. The van der Waals surface area contributed by atoms with E-state index in [2.05, 4.69) is 0 Å². The van der Waals surface area contributed by atoms with E-state index in [1.54, 1.807) is 25.3 Å². The van der Waals surface area contributed by atoms with Crippen LogP contribution in [0.1, 0.15) is 23.2 Å². The lowest BCUT2D eigenvalue weighted by molar-refractivity contribution is 0.0351. The molecule has 0 saturated carbocycles. The molecule has 0 aliphatic carbocycles. The Morgan fingerprint density at radius 1 is 1.44 bits per heavy atom. The highest BCUT2D eigenvalue weighted by atomic mass is 35.5. The number of nitrogens with two attached hydrogens (primary N) is 1. The van der Waals surface area contributed by atoms with Gasteiger partial charge in [-0.2, -0.15) is 0 Å². The molecule has 2 rings (SSSR count). The predicted octanol–water partition coefficient (Wildman–Crippen LogP) is 2.17.